The average Bonchev–Trinajstić information content (AvgIpc) is 2.89. The molecule has 0 saturated carbocycles. The molecule has 6 N–H and O–H groups in total. The number of benzene rings is 1. The fraction of sp³-hybridized carbons (Fsp3) is 0.318. The largest absolute Gasteiger partial charge is 0.508 e. The van der Waals surface area contributed by atoms with Crippen molar-refractivity contribution in [2.24, 2.45) is 5.73 Å². The van der Waals surface area contributed by atoms with Gasteiger partial charge in [-0.3, -0.25) is 24.2 Å². The maximum Gasteiger partial charge on any atom is 0.322 e. The van der Waals surface area contributed by atoms with E-state index in [4.69, 9.17) is 10.8 Å². The first-order valence-corrected chi connectivity index (χ1v) is 10.4. The second kappa shape index (κ2) is 10.6. The Morgan fingerprint density at radius 2 is 2.03 bits per heavy atom. The van der Waals surface area contributed by atoms with Crippen LogP contribution >= 0.6 is 0 Å². The van der Waals surface area contributed by atoms with E-state index in [2.05, 4.69) is 15.6 Å². The molecule has 33 heavy (non-hydrogen) atoms. The summed E-state index contributed by atoms with van der Waals surface area (Å²) in [5.74, 6) is -3.41. The molecule has 1 unspecified atom stereocenters. The molecule has 1 aromatic carbocycles. The van der Waals surface area contributed by atoms with Crippen molar-refractivity contribution < 1.29 is 29.4 Å². The molecule has 3 rings (SSSR count). The van der Waals surface area contributed by atoms with Crippen LogP contribution in [0.25, 0.3) is 0 Å². The molecule has 0 radical (unpaired) electrons. The molecule has 2 atom stereocenters. The van der Waals surface area contributed by atoms with Crippen molar-refractivity contribution in [2.45, 2.75) is 31.3 Å². The van der Waals surface area contributed by atoms with Gasteiger partial charge in [-0.15, -0.1) is 0 Å². The standard InChI is InChI=1S/C22H25N5O6/c23-8-2-1-5-17-20(31)26-16-7-6-14(28)10-15(16)22(33)27(17)19(13-4-3-9-24-11-13)21(32)25-12-18(29)30/h3-4,6-7,9-11,17,19,28H,1-2,5,8,12,23H2,(H,25,32)(H,26,31)(H,29,30)/t17-,19?/m0/s1. The Hall–Kier alpha value is -3.99. The topological polar surface area (TPSA) is 175 Å². The second-order valence-corrected chi connectivity index (χ2v) is 7.53. The van der Waals surface area contributed by atoms with Crippen LogP contribution in [0.5, 0.6) is 5.75 Å². The maximum absolute atomic E-state index is 13.7. The highest BCUT2D eigenvalue weighted by Crippen LogP contribution is 2.34. The molecule has 3 amide bonds. The Morgan fingerprint density at radius 3 is 2.70 bits per heavy atom. The molecule has 11 nitrogen and oxygen atoms in total. The lowest BCUT2D eigenvalue weighted by Gasteiger charge is -2.35. The molecule has 0 fully saturated rings. The number of nitrogens with two attached hydrogens (primary N) is 1. The highest BCUT2D eigenvalue weighted by Gasteiger charge is 2.42. The van der Waals surface area contributed by atoms with E-state index in [1.165, 1.54) is 30.6 Å². The van der Waals surface area contributed by atoms with Crippen LogP contribution in [0.3, 0.4) is 0 Å². The fourth-order valence-corrected chi connectivity index (χ4v) is 3.73. The molecule has 0 saturated heterocycles. The number of aromatic hydroxyl groups is 1. The zero-order valence-corrected chi connectivity index (χ0v) is 17.7. The summed E-state index contributed by atoms with van der Waals surface area (Å²) in [5.41, 5.74) is 6.09. The van der Waals surface area contributed by atoms with Gasteiger partial charge in [0.25, 0.3) is 5.91 Å². The summed E-state index contributed by atoms with van der Waals surface area (Å²) in [4.78, 5) is 56.3. The van der Waals surface area contributed by atoms with Crippen molar-refractivity contribution in [3.05, 3.63) is 53.9 Å². The number of anilines is 1. The highest BCUT2D eigenvalue weighted by atomic mass is 16.4. The lowest BCUT2D eigenvalue weighted by molar-refractivity contribution is -0.139. The first-order chi connectivity index (χ1) is 15.8. The van der Waals surface area contributed by atoms with E-state index < -0.39 is 42.3 Å². The molecule has 1 aliphatic heterocycles. The number of phenolic OH excluding ortho intramolecular Hbond substituents is 1. The third-order valence-corrected chi connectivity index (χ3v) is 5.24. The quantitative estimate of drug-likeness (QED) is 0.270. The monoisotopic (exact) mass is 455 g/mol. The Balaban J connectivity index is 2.13. The van der Waals surface area contributed by atoms with Gasteiger partial charge in [0.05, 0.1) is 11.3 Å². The van der Waals surface area contributed by atoms with E-state index >= 15 is 0 Å². The number of hydrogen-bond donors (Lipinski definition) is 5. The summed E-state index contributed by atoms with van der Waals surface area (Å²) >= 11 is 0. The minimum Gasteiger partial charge on any atom is -0.508 e. The average molecular weight is 455 g/mol. The number of carbonyl (C=O) groups is 4. The molecule has 1 aliphatic rings. The van der Waals surface area contributed by atoms with Crippen molar-refractivity contribution in [2.75, 3.05) is 18.4 Å². The number of carboxylic acid groups (broad SMARTS) is 1. The number of fused-ring (bicyclic) bond motifs is 1. The number of nitrogens with zero attached hydrogens (tertiary/aromatic N) is 2. The van der Waals surface area contributed by atoms with Gasteiger partial charge in [-0.2, -0.15) is 0 Å². The van der Waals surface area contributed by atoms with E-state index in [0.717, 1.165) is 4.90 Å². The Kier molecular flexibility index (Phi) is 7.57. The molecule has 0 spiro atoms. The van der Waals surface area contributed by atoms with E-state index in [-0.39, 0.29) is 23.4 Å². The van der Waals surface area contributed by atoms with Crippen LogP contribution in [-0.4, -0.2) is 62.9 Å². The number of hydrogen-bond acceptors (Lipinski definition) is 7. The van der Waals surface area contributed by atoms with Gasteiger partial charge in [0.1, 0.15) is 24.4 Å². The number of carbonyl (C=O) groups excluding carboxylic acids is 3. The molecule has 0 aliphatic carbocycles. The van der Waals surface area contributed by atoms with Crippen LogP contribution in [-0.2, 0) is 14.4 Å². The first-order valence-electron chi connectivity index (χ1n) is 10.4. The molecule has 2 heterocycles. The smallest absolute Gasteiger partial charge is 0.322 e. The lowest BCUT2D eigenvalue weighted by Crippen LogP contribution is -2.52. The van der Waals surface area contributed by atoms with Crippen LogP contribution in [0.15, 0.2) is 42.7 Å². The zero-order valence-electron chi connectivity index (χ0n) is 17.7. The number of unbranched alkanes of at least 4 members (excludes halogenated alkanes) is 1. The number of aromatic nitrogens is 1. The molecule has 0 bridgehead atoms. The van der Waals surface area contributed by atoms with E-state index in [0.29, 0.717) is 24.9 Å². The summed E-state index contributed by atoms with van der Waals surface area (Å²) in [6.07, 6.45) is 4.19. The van der Waals surface area contributed by atoms with E-state index in [9.17, 15) is 24.3 Å². The van der Waals surface area contributed by atoms with Gasteiger partial charge in [0, 0.05) is 18.0 Å². The van der Waals surface area contributed by atoms with Gasteiger partial charge in [-0.1, -0.05) is 6.07 Å². The fourth-order valence-electron chi connectivity index (χ4n) is 3.73. The molecule has 11 heteroatoms. The minimum atomic E-state index is -1.34. The van der Waals surface area contributed by atoms with Gasteiger partial charge in [0.15, 0.2) is 0 Å². The zero-order chi connectivity index (χ0) is 24.0. The number of rotatable bonds is 9. The summed E-state index contributed by atoms with van der Waals surface area (Å²) < 4.78 is 0. The normalized spacial score (nSPS) is 16.4. The van der Waals surface area contributed by atoms with E-state index in [1.54, 1.807) is 12.1 Å². The third kappa shape index (κ3) is 5.44. The van der Waals surface area contributed by atoms with Gasteiger partial charge in [0.2, 0.25) is 11.8 Å². The van der Waals surface area contributed by atoms with Gasteiger partial charge >= 0.3 is 5.97 Å². The summed E-state index contributed by atoms with van der Waals surface area (Å²) in [6.45, 7) is -0.277. The van der Waals surface area contributed by atoms with Crippen molar-refractivity contribution >= 4 is 29.4 Å². The number of phenols is 1. The number of nitrogens with one attached hydrogen (secondary N) is 2. The van der Waals surface area contributed by atoms with Crippen molar-refractivity contribution in [3.63, 3.8) is 0 Å². The van der Waals surface area contributed by atoms with E-state index in [1.807, 2.05) is 0 Å². The number of carboxylic acids is 1. The minimum absolute atomic E-state index is 0.00426. The van der Waals surface area contributed by atoms with Crippen LogP contribution in [0.1, 0.15) is 41.2 Å². The number of aliphatic carboxylic acids is 1. The lowest BCUT2D eigenvalue weighted by atomic mass is 9.99. The Morgan fingerprint density at radius 1 is 1.24 bits per heavy atom. The van der Waals surface area contributed by atoms with Crippen molar-refractivity contribution in [3.8, 4) is 5.75 Å². The van der Waals surface area contributed by atoms with Crippen LogP contribution in [0, 0.1) is 0 Å². The number of amides is 3. The van der Waals surface area contributed by atoms with Crippen LogP contribution in [0.2, 0.25) is 0 Å². The second-order valence-electron chi connectivity index (χ2n) is 7.53. The predicted octanol–water partition coefficient (Wildman–Crippen LogP) is 0.621. The molecular formula is C22H25N5O6. The van der Waals surface area contributed by atoms with Crippen molar-refractivity contribution in [1.82, 2.24) is 15.2 Å². The molecular weight excluding hydrogens is 430 g/mol. The van der Waals surface area contributed by atoms with Crippen LogP contribution in [0.4, 0.5) is 5.69 Å². The molecule has 2 aromatic rings. The maximum atomic E-state index is 13.7. The van der Waals surface area contributed by atoms with Crippen molar-refractivity contribution in [1.29, 1.82) is 0 Å². The summed E-state index contributed by atoms with van der Waals surface area (Å²) in [6, 6.07) is 4.69. The Labute approximate surface area is 189 Å². The van der Waals surface area contributed by atoms with Gasteiger partial charge < -0.3 is 31.5 Å². The number of pyridine rings is 1. The van der Waals surface area contributed by atoms with Gasteiger partial charge in [-0.25, -0.2) is 0 Å². The Bertz CT molecular complexity index is 1040. The SMILES string of the molecule is NCCCC[C@H]1C(=O)Nc2ccc(O)cc2C(=O)N1C(C(=O)NCC(=O)O)c1cccnc1. The molecule has 1 aromatic heterocycles. The molecule has 174 valence electrons. The summed E-state index contributed by atoms with van der Waals surface area (Å²) in [7, 11) is 0. The predicted molar refractivity (Wildman–Crippen MR) is 117 cm³/mol. The highest BCUT2D eigenvalue weighted by molar-refractivity contribution is 6.11. The summed E-state index contributed by atoms with van der Waals surface area (Å²) in [5, 5.41) is 23.9. The first kappa shape index (κ1) is 23.7. The van der Waals surface area contributed by atoms with Gasteiger partial charge in [-0.05, 0) is 50.1 Å². The van der Waals surface area contributed by atoms with Crippen LogP contribution < -0.4 is 16.4 Å². The third-order valence-electron chi connectivity index (χ3n) is 5.24.